The molecule has 2 aromatic rings. The molecule has 0 fully saturated rings. The highest BCUT2D eigenvalue weighted by molar-refractivity contribution is 7.07. The molecule has 5 heteroatoms. The van der Waals surface area contributed by atoms with Crippen LogP contribution in [0.2, 0.25) is 0 Å². The molecule has 0 aliphatic rings. The molecule has 0 aliphatic heterocycles. The van der Waals surface area contributed by atoms with Gasteiger partial charge in [0.1, 0.15) is 12.4 Å². The van der Waals surface area contributed by atoms with Gasteiger partial charge in [-0.25, -0.2) is 4.98 Å². The van der Waals surface area contributed by atoms with Crippen LogP contribution in [0.3, 0.4) is 0 Å². The topological polar surface area (TPSA) is 59.4 Å². The van der Waals surface area contributed by atoms with E-state index in [1.54, 1.807) is 29.8 Å². The van der Waals surface area contributed by atoms with Crippen LogP contribution in [-0.2, 0) is 17.8 Å². The molecule has 0 radical (unpaired) electrons. The number of thiazole rings is 1. The molecule has 1 aromatic heterocycles. The van der Waals surface area contributed by atoms with Crippen molar-refractivity contribution in [3.8, 4) is 5.75 Å². The lowest BCUT2D eigenvalue weighted by molar-refractivity contribution is -0.136. The fraction of sp³-hybridized carbons (Fsp3) is 0.167. The quantitative estimate of drug-likeness (QED) is 0.883. The lowest BCUT2D eigenvalue weighted by Crippen LogP contribution is -2.01. The minimum Gasteiger partial charge on any atom is -0.487 e. The van der Waals surface area contributed by atoms with E-state index in [1.807, 2.05) is 5.38 Å². The van der Waals surface area contributed by atoms with Crippen LogP contribution in [0.25, 0.3) is 0 Å². The van der Waals surface area contributed by atoms with Gasteiger partial charge in [-0.1, -0.05) is 12.1 Å². The van der Waals surface area contributed by atoms with Gasteiger partial charge in [0.15, 0.2) is 0 Å². The summed E-state index contributed by atoms with van der Waals surface area (Å²) in [6.07, 6.45) is 0.00784. The number of hydrogen-bond donors (Lipinski definition) is 1. The summed E-state index contributed by atoms with van der Waals surface area (Å²) < 4.78 is 5.52. The van der Waals surface area contributed by atoms with Crippen molar-refractivity contribution in [2.45, 2.75) is 13.0 Å². The van der Waals surface area contributed by atoms with Crippen LogP contribution in [0.4, 0.5) is 0 Å². The monoisotopic (exact) mass is 249 g/mol. The van der Waals surface area contributed by atoms with Crippen molar-refractivity contribution in [2.75, 3.05) is 0 Å². The van der Waals surface area contributed by atoms with Crippen molar-refractivity contribution in [3.63, 3.8) is 0 Å². The molecule has 0 aliphatic carbocycles. The van der Waals surface area contributed by atoms with Crippen LogP contribution >= 0.6 is 11.3 Å². The largest absolute Gasteiger partial charge is 0.487 e. The van der Waals surface area contributed by atoms with Gasteiger partial charge in [-0.15, -0.1) is 11.3 Å². The first kappa shape index (κ1) is 11.6. The number of carboxylic acid groups (broad SMARTS) is 1. The first-order chi connectivity index (χ1) is 8.24. The summed E-state index contributed by atoms with van der Waals surface area (Å²) in [7, 11) is 0. The Bertz CT molecular complexity index is 496. The number of ether oxygens (including phenoxy) is 1. The zero-order valence-corrected chi connectivity index (χ0v) is 9.81. The van der Waals surface area contributed by atoms with Crippen LogP contribution in [0.5, 0.6) is 5.75 Å². The first-order valence-electron chi connectivity index (χ1n) is 5.04. The number of aromatic nitrogens is 1. The Labute approximate surface area is 103 Å². The molecule has 0 atom stereocenters. The second-order valence-corrected chi connectivity index (χ2v) is 4.21. The predicted octanol–water partition coefficient (Wildman–Crippen LogP) is 2.35. The Morgan fingerprint density at radius 2 is 2.35 bits per heavy atom. The normalized spacial score (nSPS) is 10.1. The molecule has 17 heavy (non-hydrogen) atoms. The number of benzene rings is 1. The third-order valence-corrected chi connectivity index (χ3v) is 2.76. The molecule has 1 heterocycles. The van der Waals surface area contributed by atoms with Crippen molar-refractivity contribution >= 4 is 17.3 Å². The third kappa shape index (κ3) is 3.57. The molecule has 0 amide bonds. The highest BCUT2D eigenvalue weighted by atomic mass is 32.1. The summed E-state index contributed by atoms with van der Waals surface area (Å²) >= 11 is 1.52. The second kappa shape index (κ2) is 5.45. The number of carbonyl (C=O) groups is 1. The van der Waals surface area contributed by atoms with Crippen molar-refractivity contribution in [1.29, 1.82) is 0 Å². The van der Waals surface area contributed by atoms with Gasteiger partial charge < -0.3 is 9.84 Å². The van der Waals surface area contributed by atoms with E-state index in [0.29, 0.717) is 12.4 Å². The molecule has 0 unspecified atom stereocenters. The molecule has 1 N–H and O–H groups in total. The van der Waals surface area contributed by atoms with Crippen molar-refractivity contribution < 1.29 is 14.6 Å². The Morgan fingerprint density at radius 3 is 3.06 bits per heavy atom. The number of aliphatic carboxylic acids is 1. The Morgan fingerprint density at radius 1 is 1.47 bits per heavy atom. The summed E-state index contributed by atoms with van der Waals surface area (Å²) in [5.74, 6) is -0.182. The van der Waals surface area contributed by atoms with Gasteiger partial charge in [0.05, 0.1) is 17.6 Å². The fourth-order valence-corrected chi connectivity index (χ4v) is 1.93. The van der Waals surface area contributed by atoms with E-state index in [-0.39, 0.29) is 6.42 Å². The summed E-state index contributed by atoms with van der Waals surface area (Å²) in [6, 6.07) is 7.09. The molecule has 1 aromatic carbocycles. The van der Waals surface area contributed by atoms with E-state index < -0.39 is 5.97 Å². The van der Waals surface area contributed by atoms with E-state index in [9.17, 15) is 4.79 Å². The SMILES string of the molecule is O=C(O)Cc1cccc(OCc2cscn2)c1. The molecule has 2 rings (SSSR count). The van der Waals surface area contributed by atoms with Crippen LogP contribution < -0.4 is 4.74 Å². The van der Waals surface area contributed by atoms with Crippen molar-refractivity contribution in [1.82, 2.24) is 4.98 Å². The van der Waals surface area contributed by atoms with Gasteiger partial charge >= 0.3 is 5.97 Å². The van der Waals surface area contributed by atoms with Gasteiger partial charge in [-0.2, -0.15) is 0 Å². The van der Waals surface area contributed by atoms with E-state index >= 15 is 0 Å². The molecule has 88 valence electrons. The minimum absolute atomic E-state index is 0.00784. The summed E-state index contributed by atoms with van der Waals surface area (Å²) in [5, 5.41) is 10.6. The standard InChI is InChI=1S/C12H11NO3S/c14-12(15)5-9-2-1-3-11(4-9)16-6-10-7-17-8-13-10/h1-4,7-8H,5-6H2,(H,14,15). The minimum atomic E-state index is -0.846. The zero-order chi connectivity index (χ0) is 12.1. The summed E-state index contributed by atoms with van der Waals surface area (Å²) in [5.41, 5.74) is 3.35. The smallest absolute Gasteiger partial charge is 0.307 e. The predicted molar refractivity (Wildman–Crippen MR) is 64.2 cm³/mol. The molecule has 0 bridgehead atoms. The van der Waals surface area contributed by atoms with Gasteiger partial charge in [-0.3, -0.25) is 4.79 Å². The maximum absolute atomic E-state index is 10.6. The molecule has 0 spiro atoms. The maximum atomic E-state index is 10.6. The van der Waals surface area contributed by atoms with E-state index in [4.69, 9.17) is 9.84 Å². The lowest BCUT2D eigenvalue weighted by atomic mass is 10.1. The van der Waals surface area contributed by atoms with Crippen LogP contribution in [0.15, 0.2) is 35.2 Å². The third-order valence-electron chi connectivity index (χ3n) is 2.12. The first-order valence-corrected chi connectivity index (χ1v) is 5.99. The van der Waals surface area contributed by atoms with Crippen LogP contribution in [0, 0.1) is 0 Å². The second-order valence-electron chi connectivity index (χ2n) is 3.49. The lowest BCUT2D eigenvalue weighted by Gasteiger charge is -2.05. The Balaban J connectivity index is 1.98. The van der Waals surface area contributed by atoms with E-state index in [1.165, 1.54) is 11.3 Å². The molecule has 4 nitrogen and oxygen atoms in total. The van der Waals surface area contributed by atoms with Gasteiger partial charge in [0.25, 0.3) is 0 Å². The highest BCUT2D eigenvalue weighted by Gasteiger charge is 2.02. The van der Waals surface area contributed by atoms with Gasteiger partial charge in [0, 0.05) is 5.38 Å². The van der Waals surface area contributed by atoms with Gasteiger partial charge in [-0.05, 0) is 17.7 Å². The van der Waals surface area contributed by atoms with Crippen molar-refractivity contribution in [2.24, 2.45) is 0 Å². The number of hydrogen-bond acceptors (Lipinski definition) is 4. The van der Waals surface area contributed by atoms with Crippen LogP contribution in [-0.4, -0.2) is 16.1 Å². The average molecular weight is 249 g/mol. The number of nitrogens with zero attached hydrogens (tertiary/aromatic N) is 1. The highest BCUT2D eigenvalue weighted by Crippen LogP contribution is 2.15. The molecule has 0 saturated heterocycles. The Kier molecular flexibility index (Phi) is 3.72. The van der Waals surface area contributed by atoms with Crippen LogP contribution in [0.1, 0.15) is 11.3 Å². The van der Waals surface area contributed by atoms with Gasteiger partial charge in [0.2, 0.25) is 0 Å². The molecular weight excluding hydrogens is 238 g/mol. The van der Waals surface area contributed by atoms with E-state index in [0.717, 1.165) is 11.3 Å². The molecular formula is C12H11NO3S. The zero-order valence-electron chi connectivity index (χ0n) is 9.00. The fourth-order valence-electron chi connectivity index (χ4n) is 1.39. The van der Waals surface area contributed by atoms with E-state index in [2.05, 4.69) is 4.98 Å². The summed E-state index contributed by atoms with van der Waals surface area (Å²) in [6.45, 7) is 0.403. The summed E-state index contributed by atoms with van der Waals surface area (Å²) in [4.78, 5) is 14.7. The number of carboxylic acids is 1. The maximum Gasteiger partial charge on any atom is 0.307 e. The average Bonchev–Trinajstić information content (AvgIpc) is 2.79. The number of rotatable bonds is 5. The van der Waals surface area contributed by atoms with Crippen molar-refractivity contribution in [3.05, 3.63) is 46.4 Å². The molecule has 0 saturated carbocycles. The Hall–Kier alpha value is -1.88.